The van der Waals surface area contributed by atoms with Crippen LogP contribution in [0.1, 0.15) is 11.3 Å². The van der Waals surface area contributed by atoms with Gasteiger partial charge in [-0.05, 0) is 24.3 Å². The Morgan fingerprint density at radius 3 is 2.43 bits per heavy atom. The number of nitrogens with zero attached hydrogens (tertiary/aromatic N) is 10. The average Bonchev–Trinajstić information content (AvgIpc) is 3.61. The maximum Gasteiger partial charge on any atom is 0.164 e. The molecule has 6 rings (SSSR count). The molecule has 1 aliphatic heterocycles. The third-order valence-corrected chi connectivity index (χ3v) is 6.81. The maximum atomic E-state index is 9.77. The quantitative estimate of drug-likeness (QED) is 0.396. The largest absolute Gasteiger partial charge is 0.381 e. The molecule has 0 amide bonds. The third-order valence-electron chi connectivity index (χ3n) is 6.81. The number of aryl methyl sites for hydroxylation is 2. The molecule has 0 radical (unpaired) electrons. The Balaban J connectivity index is 1.27. The van der Waals surface area contributed by atoms with Gasteiger partial charge in [0.1, 0.15) is 17.5 Å². The Labute approximate surface area is 214 Å². The van der Waals surface area contributed by atoms with Crippen molar-refractivity contribution in [2.75, 3.05) is 36.8 Å². The van der Waals surface area contributed by atoms with E-state index in [1.165, 1.54) is 0 Å². The molecule has 37 heavy (non-hydrogen) atoms. The molecule has 0 unspecified atom stereocenters. The first-order chi connectivity index (χ1) is 18.0. The van der Waals surface area contributed by atoms with Crippen molar-refractivity contribution < 1.29 is 0 Å². The molecule has 5 aromatic heterocycles. The fourth-order valence-corrected chi connectivity index (χ4v) is 4.90. The first-order valence-corrected chi connectivity index (χ1v) is 12.1. The van der Waals surface area contributed by atoms with Gasteiger partial charge in [-0.15, -0.1) is 5.10 Å². The summed E-state index contributed by atoms with van der Waals surface area (Å²) < 4.78 is 5.28. The molecule has 0 aliphatic carbocycles. The highest BCUT2D eigenvalue weighted by atomic mass is 15.3. The molecule has 1 fully saturated rings. The van der Waals surface area contributed by atoms with Gasteiger partial charge in [0, 0.05) is 93.9 Å². The lowest BCUT2D eigenvalue weighted by molar-refractivity contribution is 0.246. The number of fused-ring (bicyclic) bond motifs is 1. The van der Waals surface area contributed by atoms with E-state index in [4.69, 9.17) is 10.7 Å². The summed E-state index contributed by atoms with van der Waals surface area (Å²) in [6.07, 6.45) is 9.46. The minimum atomic E-state index is 0.209. The predicted octanol–water partition coefficient (Wildman–Crippen LogP) is 2.31. The Morgan fingerprint density at radius 1 is 0.946 bits per heavy atom. The van der Waals surface area contributed by atoms with E-state index in [1.807, 2.05) is 55.7 Å². The van der Waals surface area contributed by atoms with Crippen LogP contribution in [0.15, 0.2) is 55.2 Å². The van der Waals surface area contributed by atoms with E-state index in [-0.39, 0.29) is 5.82 Å². The summed E-state index contributed by atoms with van der Waals surface area (Å²) in [4.78, 5) is 9.52. The molecule has 2 N–H and O–H groups in total. The standard InChI is InChI=1S/C26H27N11/c1-33-6-5-21(31-33)17-35-7-9-36(10-8-35)24-4-3-18(13-29-24)22-11-19(20-14-30-34(2)15-20)16-37-25(22)23(12-27)26(28)32-37/h3-6,11,13-16H,7-10,17H2,1-2H3,(H2,28,32). The average molecular weight is 494 g/mol. The highest BCUT2D eigenvalue weighted by Gasteiger charge is 2.21. The zero-order valence-electron chi connectivity index (χ0n) is 20.8. The first kappa shape index (κ1) is 22.8. The fraction of sp³-hybridized carbons (Fsp3) is 0.269. The van der Waals surface area contributed by atoms with E-state index in [2.05, 4.69) is 43.3 Å². The molecule has 6 heterocycles. The van der Waals surface area contributed by atoms with Crippen molar-refractivity contribution in [1.29, 1.82) is 5.26 Å². The number of nitrogens with two attached hydrogens (primary N) is 1. The van der Waals surface area contributed by atoms with Crippen LogP contribution in [0.3, 0.4) is 0 Å². The molecular formula is C26H27N11. The van der Waals surface area contributed by atoms with Crippen molar-refractivity contribution in [1.82, 2.24) is 39.1 Å². The van der Waals surface area contributed by atoms with Gasteiger partial charge in [-0.2, -0.15) is 15.5 Å². The second-order valence-electron chi connectivity index (χ2n) is 9.36. The number of nitrogen functional groups attached to an aromatic ring is 1. The minimum absolute atomic E-state index is 0.209. The van der Waals surface area contributed by atoms with E-state index in [1.54, 1.807) is 15.4 Å². The van der Waals surface area contributed by atoms with Crippen molar-refractivity contribution >= 4 is 17.2 Å². The second-order valence-corrected chi connectivity index (χ2v) is 9.36. The van der Waals surface area contributed by atoms with Gasteiger partial charge in [-0.1, -0.05) is 0 Å². The summed E-state index contributed by atoms with van der Waals surface area (Å²) in [6, 6.07) is 10.4. The molecule has 0 saturated carbocycles. The molecule has 0 bridgehead atoms. The van der Waals surface area contributed by atoms with E-state index in [9.17, 15) is 5.26 Å². The molecule has 0 spiro atoms. The number of rotatable bonds is 5. The van der Waals surface area contributed by atoms with Crippen LogP contribution in [0.2, 0.25) is 0 Å². The van der Waals surface area contributed by atoms with E-state index in [0.717, 1.165) is 66.5 Å². The number of nitriles is 1. The van der Waals surface area contributed by atoms with E-state index >= 15 is 0 Å². The van der Waals surface area contributed by atoms with Gasteiger partial charge in [0.2, 0.25) is 0 Å². The van der Waals surface area contributed by atoms with Gasteiger partial charge >= 0.3 is 0 Å². The molecule has 0 atom stereocenters. The lowest BCUT2D eigenvalue weighted by Gasteiger charge is -2.35. The highest BCUT2D eigenvalue weighted by Crippen LogP contribution is 2.34. The van der Waals surface area contributed by atoms with Gasteiger partial charge in [0.15, 0.2) is 5.82 Å². The summed E-state index contributed by atoms with van der Waals surface area (Å²) >= 11 is 0. The summed E-state index contributed by atoms with van der Waals surface area (Å²) in [5.74, 6) is 1.15. The van der Waals surface area contributed by atoms with Crippen molar-refractivity contribution in [2.24, 2.45) is 14.1 Å². The number of piperazine rings is 1. The van der Waals surface area contributed by atoms with Crippen LogP contribution >= 0.6 is 0 Å². The summed E-state index contributed by atoms with van der Waals surface area (Å²) in [6.45, 7) is 4.57. The Kier molecular flexibility index (Phi) is 5.58. The fourth-order valence-electron chi connectivity index (χ4n) is 4.90. The van der Waals surface area contributed by atoms with Crippen molar-refractivity contribution in [3.05, 3.63) is 66.5 Å². The van der Waals surface area contributed by atoms with E-state index in [0.29, 0.717) is 11.1 Å². The molecule has 186 valence electrons. The monoisotopic (exact) mass is 493 g/mol. The normalized spacial score (nSPS) is 14.4. The maximum absolute atomic E-state index is 9.77. The number of hydrogen-bond acceptors (Lipinski definition) is 8. The Hall–Kier alpha value is -4.69. The smallest absolute Gasteiger partial charge is 0.164 e. The lowest BCUT2D eigenvalue weighted by atomic mass is 10.0. The molecule has 1 aliphatic rings. The zero-order chi connectivity index (χ0) is 25.5. The lowest BCUT2D eigenvalue weighted by Crippen LogP contribution is -2.46. The Morgan fingerprint density at radius 2 is 1.78 bits per heavy atom. The number of aromatic nitrogens is 7. The summed E-state index contributed by atoms with van der Waals surface area (Å²) in [5.41, 5.74) is 11.8. The van der Waals surface area contributed by atoms with Gasteiger partial charge in [0.05, 0.1) is 17.4 Å². The second kappa shape index (κ2) is 9.07. The number of anilines is 2. The number of hydrogen-bond donors (Lipinski definition) is 1. The van der Waals surface area contributed by atoms with Crippen LogP contribution in [0.25, 0.3) is 27.8 Å². The van der Waals surface area contributed by atoms with Crippen LogP contribution in [0, 0.1) is 11.3 Å². The van der Waals surface area contributed by atoms with Crippen LogP contribution in [-0.4, -0.2) is 65.2 Å². The molecular weight excluding hydrogens is 466 g/mol. The van der Waals surface area contributed by atoms with Crippen LogP contribution in [0.4, 0.5) is 11.6 Å². The van der Waals surface area contributed by atoms with Crippen LogP contribution in [0.5, 0.6) is 0 Å². The summed E-state index contributed by atoms with van der Waals surface area (Å²) in [7, 11) is 3.82. The van der Waals surface area contributed by atoms with E-state index < -0.39 is 0 Å². The van der Waals surface area contributed by atoms with Crippen LogP contribution < -0.4 is 10.6 Å². The molecule has 1 saturated heterocycles. The van der Waals surface area contributed by atoms with Gasteiger partial charge in [-0.3, -0.25) is 14.3 Å². The van der Waals surface area contributed by atoms with Gasteiger partial charge < -0.3 is 10.6 Å². The summed E-state index contributed by atoms with van der Waals surface area (Å²) in [5, 5.41) is 23.0. The third kappa shape index (κ3) is 4.28. The van der Waals surface area contributed by atoms with Crippen molar-refractivity contribution in [3.8, 4) is 28.3 Å². The predicted molar refractivity (Wildman–Crippen MR) is 140 cm³/mol. The topological polar surface area (TPSA) is 122 Å². The zero-order valence-corrected chi connectivity index (χ0v) is 20.8. The van der Waals surface area contributed by atoms with Crippen LogP contribution in [-0.2, 0) is 20.6 Å². The molecule has 5 aromatic rings. The SMILES string of the molecule is Cn1cc(-c2cc(-c3ccc(N4CCN(Cc5ccn(C)n5)CC4)nc3)c3c(C#N)c(N)nn3c2)cn1. The van der Waals surface area contributed by atoms with Gasteiger partial charge in [-0.25, -0.2) is 9.50 Å². The molecule has 11 heteroatoms. The first-order valence-electron chi connectivity index (χ1n) is 12.1. The molecule has 11 nitrogen and oxygen atoms in total. The van der Waals surface area contributed by atoms with Crippen molar-refractivity contribution in [2.45, 2.75) is 6.54 Å². The number of pyridine rings is 2. The van der Waals surface area contributed by atoms with Crippen molar-refractivity contribution in [3.63, 3.8) is 0 Å². The minimum Gasteiger partial charge on any atom is -0.381 e. The van der Waals surface area contributed by atoms with Gasteiger partial charge in [0.25, 0.3) is 0 Å². The highest BCUT2D eigenvalue weighted by molar-refractivity contribution is 5.90. The molecule has 0 aromatic carbocycles. The Bertz CT molecular complexity index is 1610.